The van der Waals surface area contributed by atoms with Crippen LogP contribution in [0.3, 0.4) is 0 Å². The first-order valence-electron chi connectivity index (χ1n) is 5.97. The van der Waals surface area contributed by atoms with Crippen LogP contribution in [0.4, 0.5) is 17.8 Å². The van der Waals surface area contributed by atoms with Gasteiger partial charge in [0.05, 0.1) is 19.8 Å². The molecule has 9 heteroatoms. The molecule has 0 bridgehead atoms. The number of carbonyl (C=O) groups is 1. The molecule has 0 saturated carbocycles. The highest BCUT2D eigenvalue weighted by Gasteiger charge is 2.16. The van der Waals surface area contributed by atoms with Gasteiger partial charge < -0.3 is 26.0 Å². The summed E-state index contributed by atoms with van der Waals surface area (Å²) in [6.07, 6.45) is 0. The van der Waals surface area contributed by atoms with Crippen molar-refractivity contribution in [3.05, 3.63) is 0 Å². The number of nitrogens with two attached hydrogens (primary N) is 1. The lowest BCUT2D eigenvalue weighted by Crippen LogP contribution is -2.37. The number of aromatic nitrogens is 3. The van der Waals surface area contributed by atoms with Crippen molar-refractivity contribution >= 4 is 23.8 Å². The Hall–Kier alpha value is -2.16. The van der Waals surface area contributed by atoms with Crippen molar-refractivity contribution in [1.29, 1.82) is 0 Å². The molecule has 1 aromatic heterocycles. The second-order valence-corrected chi connectivity index (χ2v) is 3.95. The van der Waals surface area contributed by atoms with E-state index in [1.807, 2.05) is 4.90 Å². The Labute approximate surface area is 110 Å². The molecule has 1 saturated heterocycles. The van der Waals surface area contributed by atoms with E-state index in [-0.39, 0.29) is 6.54 Å². The predicted octanol–water partition coefficient (Wildman–Crippen LogP) is -1.35. The Bertz CT molecular complexity index is 448. The Kier molecular flexibility index (Phi) is 4.29. The van der Waals surface area contributed by atoms with Gasteiger partial charge >= 0.3 is 0 Å². The van der Waals surface area contributed by atoms with Gasteiger partial charge in [-0.3, -0.25) is 4.79 Å². The standard InChI is InChI=1S/C10H17N7O2/c1-12-8-14-9(13-6-7(11)18)16-10(15-8)17-2-4-19-5-3-17/h2-6H2,1H3,(H2,11,18)(H2,12,13,14,15,16). The van der Waals surface area contributed by atoms with Gasteiger partial charge in [-0.2, -0.15) is 15.0 Å². The first-order chi connectivity index (χ1) is 9.19. The van der Waals surface area contributed by atoms with Crippen LogP contribution >= 0.6 is 0 Å². The highest BCUT2D eigenvalue weighted by atomic mass is 16.5. The van der Waals surface area contributed by atoms with Crippen molar-refractivity contribution in [2.75, 3.05) is 55.4 Å². The van der Waals surface area contributed by atoms with Gasteiger partial charge in [0.25, 0.3) is 0 Å². The monoisotopic (exact) mass is 267 g/mol. The summed E-state index contributed by atoms with van der Waals surface area (Å²) in [6, 6.07) is 0. The van der Waals surface area contributed by atoms with Crippen LogP contribution in [0.25, 0.3) is 0 Å². The predicted molar refractivity (Wildman–Crippen MR) is 70.1 cm³/mol. The zero-order chi connectivity index (χ0) is 13.7. The van der Waals surface area contributed by atoms with Gasteiger partial charge in [0, 0.05) is 20.1 Å². The van der Waals surface area contributed by atoms with Crippen molar-refractivity contribution in [3.8, 4) is 0 Å². The van der Waals surface area contributed by atoms with Gasteiger partial charge in [-0.1, -0.05) is 0 Å². The molecule has 9 nitrogen and oxygen atoms in total. The lowest BCUT2D eigenvalue weighted by molar-refractivity contribution is -0.116. The van der Waals surface area contributed by atoms with Gasteiger partial charge in [-0.25, -0.2) is 0 Å². The number of hydrogen-bond acceptors (Lipinski definition) is 8. The van der Waals surface area contributed by atoms with Gasteiger partial charge in [0.2, 0.25) is 23.8 Å². The summed E-state index contributed by atoms with van der Waals surface area (Å²) in [7, 11) is 1.72. The smallest absolute Gasteiger partial charge is 0.236 e. The molecule has 19 heavy (non-hydrogen) atoms. The second-order valence-electron chi connectivity index (χ2n) is 3.95. The minimum Gasteiger partial charge on any atom is -0.378 e. The van der Waals surface area contributed by atoms with Crippen LogP contribution in [0.15, 0.2) is 0 Å². The number of morpholine rings is 1. The number of primary amides is 1. The van der Waals surface area contributed by atoms with Crippen LogP contribution in [0.5, 0.6) is 0 Å². The molecular formula is C10H17N7O2. The SMILES string of the molecule is CNc1nc(NCC(N)=O)nc(N2CCOCC2)n1. The van der Waals surface area contributed by atoms with Crippen molar-refractivity contribution in [2.45, 2.75) is 0 Å². The molecule has 0 spiro atoms. The van der Waals surface area contributed by atoms with Gasteiger partial charge in [-0.05, 0) is 0 Å². The molecule has 1 aliphatic heterocycles. The Morgan fingerprint density at radius 2 is 2.00 bits per heavy atom. The van der Waals surface area contributed by atoms with Crippen molar-refractivity contribution in [1.82, 2.24) is 15.0 Å². The number of hydrogen-bond donors (Lipinski definition) is 3. The summed E-state index contributed by atoms with van der Waals surface area (Å²) < 4.78 is 5.28. The van der Waals surface area contributed by atoms with E-state index in [2.05, 4.69) is 25.6 Å². The highest BCUT2D eigenvalue weighted by molar-refractivity contribution is 5.78. The van der Waals surface area contributed by atoms with Crippen LogP contribution in [-0.4, -0.2) is 60.8 Å². The molecule has 1 aliphatic rings. The normalized spacial score (nSPS) is 15.1. The van der Waals surface area contributed by atoms with Gasteiger partial charge in [-0.15, -0.1) is 0 Å². The molecule has 0 aliphatic carbocycles. The third-order valence-electron chi connectivity index (χ3n) is 2.56. The summed E-state index contributed by atoms with van der Waals surface area (Å²) in [4.78, 5) is 25.4. The second kappa shape index (κ2) is 6.14. The number of carbonyl (C=O) groups excluding carboxylic acids is 1. The zero-order valence-corrected chi connectivity index (χ0v) is 10.7. The summed E-state index contributed by atoms with van der Waals surface area (Å²) >= 11 is 0. The fraction of sp³-hybridized carbons (Fsp3) is 0.600. The van der Waals surface area contributed by atoms with Crippen LogP contribution in [0.2, 0.25) is 0 Å². The fourth-order valence-electron chi connectivity index (χ4n) is 1.63. The molecule has 1 aromatic rings. The van der Waals surface area contributed by atoms with E-state index in [0.29, 0.717) is 31.1 Å². The Morgan fingerprint density at radius 3 is 2.63 bits per heavy atom. The van der Waals surface area contributed by atoms with Crippen molar-refractivity contribution in [2.24, 2.45) is 5.73 Å². The summed E-state index contributed by atoms with van der Waals surface area (Å²) in [6.45, 7) is 2.72. The topological polar surface area (TPSA) is 118 Å². The molecule has 0 aromatic carbocycles. The molecule has 4 N–H and O–H groups in total. The van der Waals surface area contributed by atoms with Crippen molar-refractivity contribution < 1.29 is 9.53 Å². The molecule has 1 fully saturated rings. The van der Waals surface area contributed by atoms with E-state index in [4.69, 9.17) is 10.5 Å². The van der Waals surface area contributed by atoms with Crippen LogP contribution in [0.1, 0.15) is 0 Å². The van der Waals surface area contributed by atoms with Crippen LogP contribution in [0, 0.1) is 0 Å². The maximum absolute atomic E-state index is 10.8. The third-order valence-corrected chi connectivity index (χ3v) is 2.56. The molecule has 1 amide bonds. The maximum Gasteiger partial charge on any atom is 0.236 e. The van der Waals surface area contributed by atoms with E-state index in [0.717, 1.165) is 13.1 Å². The average Bonchev–Trinajstić information content (AvgIpc) is 2.45. The third kappa shape index (κ3) is 3.65. The molecule has 104 valence electrons. The largest absolute Gasteiger partial charge is 0.378 e. The van der Waals surface area contributed by atoms with E-state index in [1.165, 1.54) is 0 Å². The molecular weight excluding hydrogens is 250 g/mol. The van der Waals surface area contributed by atoms with E-state index >= 15 is 0 Å². The lowest BCUT2D eigenvalue weighted by atomic mass is 10.4. The first-order valence-corrected chi connectivity index (χ1v) is 5.97. The first kappa shape index (κ1) is 13.3. The van der Waals surface area contributed by atoms with E-state index < -0.39 is 5.91 Å². The summed E-state index contributed by atoms with van der Waals surface area (Å²) in [5.74, 6) is 0.831. The molecule has 2 heterocycles. The molecule has 2 rings (SSSR count). The van der Waals surface area contributed by atoms with E-state index in [9.17, 15) is 4.79 Å². The number of rotatable bonds is 5. The maximum atomic E-state index is 10.8. The number of anilines is 3. The van der Waals surface area contributed by atoms with E-state index in [1.54, 1.807) is 7.05 Å². The average molecular weight is 267 g/mol. The summed E-state index contributed by atoms with van der Waals surface area (Å²) in [5.41, 5.74) is 5.08. The minimum absolute atomic E-state index is 0.0181. The van der Waals surface area contributed by atoms with Crippen LogP contribution < -0.4 is 21.3 Å². The van der Waals surface area contributed by atoms with Gasteiger partial charge in [0.1, 0.15) is 0 Å². The minimum atomic E-state index is -0.473. The molecule has 0 atom stereocenters. The fourth-order valence-corrected chi connectivity index (χ4v) is 1.63. The van der Waals surface area contributed by atoms with Gasteiger partial charge in [0.15, 0.2) is 0 Å². The Balaban J connectivity index is 2.16. The number of nitrogens with one attached hydrogen (secondary N) is 2. The highest BCUT2D eigenvalue weighted by Crippen LogP contribution is 2.14. The summed E-state index contributed by atoms with van der Waals surface area (Å²) in [5, 5.41) is 5.62. The molecule has 0 radical (unpaired) electrons. The molecule has 0 unspecified atom stereocenters. The number of ether oxygens (including phenoxy) is 1. The van der Waals surface area contributed by atoms with Crippen LogP contribution in [-0.2, 0) is 9.53 Å². The lowest BCUT2D eigenvalue weighted by Gasteiger charge is -2.27. The number of amides is 1. The zero-order valence-electron chi connectivity index (χ0n) is 10.7. The van der Waals surface area contributed by atoms with Crippen molar-refractivity contribution in [3.63, 3.8) is 0 Å². The Morgan fingerprint density at radius 1 is 1.32 bits per heavy atom. The number of nitrogens with zero attached hydrogens (tertiary/aromatic N) is 4. The quantitative estimate of drug-likeness (QED) is 0.599.